The van der Waals surface area contributed by atoms with Crippen LogP contribution >= 0.6 is 0 Å². The van der Waals surface area contributed by atoms with Crippen molar-refractivity contribution in [1.29, 1.82) is 0 Å². The normalized spacial score (nSPS) is 7.36. The van der Waals surface area contributed by atoms with Gasteiger partial charge in [0.2, 0.25) is 0 Å². The molecule has 0 bridgehead atoms. The third kappa shape index (κ3) is 31.5. The molecule has 0 heteroatoms. The molecule has 0 rings (SSSR count). The fraction of sp³-hybridized carbons (Fsp3) is 0.429. The van der Waals surface area contributed by atoms with E-state index in [4.69, 9.17) is 6.42 Å². The molecule has 0 aromatic rings. The Kier molecular flexibility index (Phi) is 29.4. The van der Waals surface area contributed by atoms with Crippen LogP contribution in [-0.4, -0.2) is 0 Å². The number of allylic oxidation sites excluding steroid dienone is 2. The van der Waals surface area contributed by atoms with Gasteiger partial charge in [0, 0.05) is 6.42 Å². The molecule has 0 nitrogen and oxygen atoms in total. The minimum Gasteiger partial charge on any atom is -0.124 e. The molecule has 0 atom stereocenters. The minimum absolute atomic E-state index is 0.983. The van der Waals surface area contributed by atoms with Gasteiger partial charge in [0.15, 0.2) is 0 Å². The summed E-state index contributed by atoms with van der Waals surface area (Å²) in [6.45, 7) is 7.89. The maximum absolute atomic E-state index is 5.04. The van der Waals surface area contributed by atoms with Crippen LogP contribution in [0.15, 0.2) is 11.6 Å². The Balaban J connectivity index is -0.000000152. The van der Waals surface area contributed by atoms with Crippen LogP contribution in [0.3, 0.4) is 0 Å². The van der Waals surface area contributed by atoms with Crippen molar-refractivity contribution in [2.45, 2.75) is 40.5 Å². The zero-order chi connectivity index (χ0) is 11.8. The lowest BCUT2D eigenvalue weighted by atomic mass is 10.3. The molecule has 0 saturated heterocycles. The molecule has 0 aliphatic heterocycles. The van der Waals surface area contributed by atoms with E-state index in [1.54, 1.807) is 0 Å². The molecule has 0 aliphatic carbocycles. The van der Waals surface area contributed by atoms with Crippen molar-refractivity contribution in [3.8, 4) is 37.0 Å². The quantitative estimate of drug-likeness (QED) is 0.551. The van der Waals surface area contributed by atoms with Crippen LogP contribution in [0.1, 0.15) is 40.5 Å². The van der Waals surface area contributed by atoms with E-state index in [1.165, 1.54) is 0 Å². The van der Waals surface area contributed by atoms with Gasteiger partial charge in [-0.15, -0.1) is 31.1 Å². The van der Waals surface area contributed by atoms with Gasteiger partial charge in [-0.1, -0.05) is 25.8 Å². The van der Waals surface area contributed by atoms with Gasteiger partial charge < -0.3 is 0 Å². The van der Waals surface area contributed by atoms with E-state index in [9.17, 15) is 0 Å². The number of hydrogen-bond donors (Lipinski definition) is 0. The average molecular weight is 188 g/mol. The average Bonchev–Trinajstić information content (AvgIpc) is 2.23. The van der Waals surface area contributed by atoms with Gasteiger partial charge in [-0.3, -0.25) is 0 Å². The third-order valence-electron chi connectivity index (χ3n) is 1.09. The molecule has 0 aromatic heterocycles. The van der Waals surface area contributed by atoms with Gasteiger partial charge in [-0.25, -0.2) is 0 Å². The molecule has 0 radical (unpaired) electrons. The monoisotopic (exact) mass is 188 g/mol. The molecular weight excluding hydrogens is 168 g/mol. The lowest BCUT2D eigenvalue weighted by Crippen LogP contribution is -1.63. The van der Waals surface area contributed by atoms with Crippen LogP contribution in [-0.2, 0) is 0 Å². The first-order valence-corrected chi connectivity index (χ1v) is 4.59. The fourth-order valence-electron chi connectivity index (χ4n) is 0.542. The highest BCUT2D eigenvalue weighted by Crippen LogP contribution is 1.89. The summed E-state index contributed by atoms with van der Waals surface area (Å²) in [5.41, 5.74) is 1.03. The highest BCUT2D eigenvalue weighted by molar-refractivity contribution is 5.21. The maximum atomic E-state index is 5.04. The summed E-state index contributed by atoms with van der Waals surface area (Å²) in [6, 6.07) is 0. The van der Waals surface area contributed by atoms with Crippen LogP contribution < -0.4 is 0 Å². The Morgan fingerprint density at radius 2 is 1.79 bits per heavy atom. The zero-order valence-corrected chi connectivity index (χ0v) is 9.72. The Morgan fingerprint density at radius 1 is 1.29 bits per heavy atom. The second-order valence-electron chi connectivity index (χ2n) is 2.22. The minimum atomic E-state index is 0.983. The zero-order valence-electron chi connectivity index (χ0n) is 9.72. The lowest BCUT2D eigenvalue weighted by Gasteiger charge is -1.80. The van der Waals surface area contributed by atoms with Gasteiger partial charge in [0.25, 0.3) is 0 Å². The largest absolute Gasteiger partial charge is 0.124 e. The van der Waals surface area contributed by atoms with Gasteiger partial charge in [-0.05, 0) is 25.8 Å². The molecule has 0 saturated carbocycles. The molecule has 0 spiro atoms. The molecule has 0 aromatic carbocycles. The number of rotatable bonds is 1. The number of terminal acetylenes is 2. The molecule has 0 amide bonds. The summed E-state index contributed by atoms with van der Waals surface area (Å²) >= 11 is 0. The lowest BCUT2D eigenvalue weighted by molar-refractivity contribution is 1.20. The fourth-order valence-corrected chi connectivity index (χ4v) is 0.542. The first-order valence-electron chi connectivity index (χ1n) is 4.59. The molecule has 0 heterocycles. The molecule has 0 N–H and O–H groups in total. The summed E-state index contributed by atoms with van der Waals surface area (Å²) in [5, 5.41) is 0. The van der Waals surface area contributed by atoms with Gasteiger partial charge in [0.05, 0.1) is 0 Å². The van der Waals surface area contributed by atoms with E-state index >= 15 is 0 Å². The molecule has 14 heavy (non-hydrogen) atoms. The Morgan fingerprint density at radius 3 is 1.86 bits per heavy atom. The summed E-state index contributed by atoms with van der Waals surface area (Å²) < 4.78 is 0. The smallest absolute Gasteiger partial charge is 0.00601 e. The summed E-state index contributed by atoms with van der Waals surface area (Å²) in [5.74, 6) is 8.16. The van der Waals surface area contributed by atoms with Gasteiger partial charge in [-0.2, -0.15) is 0 Å². The second kappa shape index (κ2) is 22.5. The molecule has 0 aliphatic rings. The number of hydrogen-bond acceptors (Lipinski definition) is 0. The second-order valence-corrected chi connectivity index (χ2v) is 2.22. The van der Waals surface area contributed by atoms with Gasteiger partial charge >= 0.3 is 0 Å². The topological polar surface area (TPSA) is 0 Å². The predicted molar refractivity (Wildman–Crippen MR) is 66.5 cm³/mol. The summed E-state index contributed by atoms with van der Waals surface area (Å²) in [6.07, 6.45) is 17.1. The van der Waals surface area contributed by atoms with Crippen molar-refractivity contribution in [2.24, 2.45) is 0 Å². The molecule has 76 valence electrons. The summed E-state index contributed by atoms with van der Waals surface area (Å²) in [4.78, 5) is 0. The molecule has 0 unspecified atom stereocenters. The van der Waals surface area contributed by atoms with Crippen molar-refractivity contribution >= 4 is 0 Å². The standard InChI is InChI=1S/C7H10.C5H8.C2H2/c1-4-6-7(3)5-2;1-3-5-4-2;1-2/h2,6H,4H2,1,3H3;3H2,1-2H3;1-2H/b7-6+;;. The van der Waals surface area contributed by atoms with Crippen LogP contribution in [0, 0.1) is 37.0 Å². The van der Waals surface area contributed by atoms with E-state index in [1.807, 2.05) is 26.8 Å². The van der Waals surface area contributed by atoms with E-state index in [0.29, 0.717) is 0 Å². The Hall–Kier alpha value is -1.58. The van der Waals surface area contributed by atoms with E-state index in [2.05, 4.69) is 37.5 Å². The van der Waals surface area contributed by atoms with Crippen molar-refractivity contribution < 1.29 is 0 Å². The van der Waals surface area contributed by atoms with Crippen molar-refractivity contribution in [3.63, 3.8) is 0 Å². The highest BCUT2D eigenvalue weighted by atomic mass is 13.8. The van der Waals surface area contributed by atoms with E-state index in [-0.39, 0.29) is 0 Å². The Labute approximate surface area is 89.8 Å². The third-order valence-corrected chi connectivity index (χ3v) is 1.09. The van der Waals surface area contributed by atoms with Crippen molar-refractivity contribution in [3.05, 3.63) is 11.6 Å². The van der Waals surface area contributed by atoms with E-state index < -0.39 is 0 Å². The predicted octanol–water partition coefficient (Wildman–Crippen LogP) is 3.65. The Bertz CT molecular complexity index is 235. The summed E-state index contributed by atoms with van der Waals surface area (Å²) in [7, 11) is 0. The van der Waals surface area contributed by atoms with Crippen molar-refractivity contribution in [2.75, 3.05) is 0 Å². The van der Waals surface area contributed by atoms with Crippen LogP contribution in [0.2, 0.25) is 0 Å². The first-order chi connectivity index (χ1) is 6.72. The van der Waals surface area contributed by atoms with Crippen LogP contribution in [0.25, 0.3) is 0 Å². The maximum Gasteiger partial charge on any atom is 0.00601 e. The van der Waals surface area contributed by atoms with Crippen LogP contribution in [0.5, 0.6) is 0 Å². The SMILES string of the molecule is C#C.C#C/C(C)=C/CC.CC#CCC. The highest BCUT2D eigenvalue weighted by Gasteiger charge is 1.72. The van der Waals surface area contributed by atoms with Gasteiger partial charge in [0.1, 0.15) is 0 Å². The van der Waals surface area contributed by atoms with Crippen molar-refractivity contribution in [1.82, 2.24) is 0 Å². The van der Waals surface area contributed by atoms with Crippen LogP contribution in [0.4, 0.5) is 0 Å². The molecule has 0 fully saturated rings. The van der Waals surface area contributed by atoms with E-state index in [0.717, 1.165) is 18.4 Å². The first kappa shape index (κ1) is 18.3. The molecular formula is C14H20.